The highest BCUT2D eigenvalue weighted by Gasteiger charge is 2.24. The van der Waals surface area contributed by atoms with Gasteiger partial charge in [0.1, 0.15) is 0 Å². The molecule has 0 unspecified atom stereocenters. The van der Waals surface area contributed by atoms with Crippen LogP contribution in [0.4, 0.5) is 0 Å². The zero-order chi connectivity index (χ0) is 13.4. The molecule has 0 radical (unpaired) electrons. The molecule has 0 aromatic carbocycles. The number of hydrogen-bond acceptors (Lipinski definition) is 5. The molecular formula is C10H19N3O4S. The lowest BCUT2D eigenvalue weighted by molar-refractivity contribution is 0.164. The van der Waals surface area contributed by atoms with Gasteiger partial charge in [-0.2, -0.15) is 4.31 Å². The molecule has 0 saturated carbocycles. The Bertz CT molecular complexity index is 418. The van der Waals surface area contributed by atoms with Gasteiger partial charge >= 0.3 is 0 Å². The van der Waals surface area contributed by atoms with Gasteiger partial charge in [0.2, 0.25) is 0 Å². The summed E-state index contributed by atoms with van der Waals surface area (Å²) in [6, 6.07) is 0. The number of rotatable bonds is 9. The van der Waals surface area contributed by atoms with Gasteiger partial charge in [0.15, 0.2) is 5.03 Å². The number of H-pyrrole nitrogens is 1. The van der Waals surface area contributed by atoms with Gasteiger partial charge in [0.05, 0.1) is 19.1 Å². The van der Waals surface area contributed by atoms with Crippen LogP contribution < -0.4 is 0 Å². The minimum atomic E-state index is -3.53. The SMILES string of the molecule is COCCCN(CCOC)S(=O)(=O)c1cnc[nH]1. The van der Waals surface area contributed by atoms with E-state index in [0.29, 0.717) is 32.7 Å². The second kappa shape index (κ2) is 7.47. The van der Waals surface area contributed by atoms with Crippen LogP contribution in [0.15, 0.2) is 17.6 Å². The molecule has 0 saturated heterocycles. The first-order valence-electron chi connectivity index (χ1n) is 5.59. The van der Waals surface area contributed by atoms with Gasteiger partial charge in [-0.25, -0.2) is 13.4 Å². The van der Waals surface area contributed by atoms with Crippen molar-refractivity contribution in [3.8, 4) is 0 Å². The number of aromatic amines is 1. The first-order valence-corrected chi connectivity index (χ1v) is 7.03. The fraction of sp³-hybridized carbons (Fsp3) is 0.700. The summed E-state index contributed by atoms with van der Waals surface area (Å²) in [5, 5.41) is 0.0935. The van der Waals surface area contributed by atoms with E-state index in [2.05, 4.69) is 9.97 Å². The van der Waals surface area contributed by atoms with Gasteiger partial charge in [-0.1, -0.05) is 0 Å². The average Bonchev–Trinajstić information content (AvgIpc) is 2.87. The van der Waals surface area contributed by atoms with E-state index in [-0.39, 0.29) is 5.03 Å². The summed E-state index contributed by atoms with van der Waals surface area (Å²) in [6.45, 7) is 1.56. The maximum Gasteiger partial charge on any atom is 0.260 e. The zero-order valence-corrected chi connectivity index (χ0v) is 11.4. The van der Waals surface area contributed by atoms with Crippen LogP contribution in [0.25, 0.3) is 0 Å². The smallest absolute Gasteiger partial charge is 0.260 e. The Balaban J connectivity index is 2.74. The molecule has 0 amide bonds. The molecule has 0 bridgehead atoms. The van der Waals surface area contributed by atoms with E-state index >= 15 is 0 Å². The van der Waals surface area contributed by atoms with Crippen molar-refractivity contribution in [3.63, 3.8) is 0 Å². The van der Waals surface area contributed by atoms with E-state index in [0.717, 1.165) is 0 Å². The van der Waals surface area contributed by atoms with E-state index in [4.69, 9.17) is 9.47 Å². The highest BCUT2D eigenvalue weighted by Crippen LogP contribution is 2.12. The summed E-state index contributed by atoms with van der Waals surface area (Å²) in [4.78, 5) is 6.34. The number of imidazole rings is 1. The van der Waals surface area contributed by atoms with Crippen molar-refractivity contribution in [2.45, 2.75) is 11.4 Å². The lowest BCUT2D eigenvalue weighted by Crippen LogP contribution is -2.35. The zero-order valence-electron chi connectivity index (χ0n) is 10.6. The lowest BCUT2D eigenvalue weighted by atomic mass is 10.4. The van der Waals surface area contributed by atoms with E-state index in [1.54, 1.807) is 7.11 Å². The largest absolute Gasteiger partial charge is 0.385 e. The van der Waals surface area contributed by atoms with Crippen LogP contribution in [0.2, 0.25) is 0 Å². The Morgan fingerprint density at radius 3 is 2.56 bits per heavy atom. The molecular weight excluding hydrogens is 258 g/mol. The van der Waals surface area contributed by atoms with E-state index < -0.39 is 10.0 Å². The molecule has 1 aromatic rings. The third kappa shape index (κ3) is 4.05. The molecule has 0 aliphatic rings. The Labute approximate surface area is 107 Å². The molecule has 0 fully saturated rings. The van der Waals surface area contributed by atoms with Gasteiger partial charge in [-0.05, 0) is 6.42 Å². The van der Waals surface area contributed by atoms with Crippen molar-refractivity contribution in [1.29, 1.82) is 0 Å². The van der Waals surface area contributed by atoms with E-state index in [1.807, 2.05) is 0 Å². The Kier molecular flexibility index (Phi) is 6.27. The molecule has 104 valence electrons. The van der Waals surface area contributed by atoms with Crippen LogP contribution in [0.1, 0.15) is 6.42 Å². The molecule has 8 heteroatoms. The van der Waals surface area contributed by atoms with Crippen molar-refractivity contribution < 1.29 is 17.9 Å². The monoisotopic (exact) mass is 277 g/mol. The van der Waals surface area contributed by atoms with Crippen LogP contribution >= 0.6 is 0 Å². The summed E-state index contributed by atoms with van der Waals surface area (Å²) in [5.41, 5.74) is 0. The quantitative estimate of drug-likeness (QED) is 0.646. The number of sulfonamides is 1. The molecule has 1 aromatic heterocycles. The molecule has 0 aliphatic carbocycles. The summed E-state index contributed by atoms with van der Waals surface area (Å²) < 4.78 is 35.7. The van der Waals surface area contributed by atoms with Crippen molar-refractivity contribution in [2.75, 3.05) is 40.5 Å². The standard InChI is InChI=1S/C10H19N3O4S/c1-16-6-3-4-13(5-7-17-2)18(14,15)10-8-11-9-12-10/h8-9H,3-7H2,1-2H3,(H,11,12). The highest BCUT2D eigenvalue weighted by atomic mass is 32.2. The number of hydrogen-bond donors (Lipinski definition) is 1. The van der Waals surface area contributed by atoms with Gasteiger partial charge < -0.3 is 14.5 Å². The van der Waals surface area contributed by atoms with Crippen molar-refractivity contribution >= 4 is 10.0 Å². The summed E-state index contributed by atoms with van der Waals surface area (Å²) in [5.74, 6) is 0. The normalized spacial score (nSPS) is 12.2. The predicted octanol–water partition coefficient (Wildman–Crippen LogP) is 0.0833. The molecule has 1 rings (SSSR count). The maximum absolute atomic E-state index is 12.3. The second-order valence-corrected chi connectivity index (χ2v) is 5.57. The highest BCUT2D eigenvalue weighted by molar-refractivity contribution is 7.89. The maximum atomic E-state index is 12.3. The Morgan fingerprint density at radius 2 is 2.00 bits per heavy atom. The Morgan fingerprint density at radius 1 is 1.28 bits per heavy atom. The van der Waals surface area contributed by atoms with Gasteiger partial charge in [-0.15, -0.1) is 0 Å². The fourth-order valence-corrected chi connectivity index (χ4v) is 2.81. The van der Waals surface area contributed by atoms with Crippen LogP contribution in [-0.2, 0) is 19.5 Å². The molecule has 1 N–H and O–H groups in total. The fourth-order valence-electron chi connectivity index (χ4n) is 1.45. The number of methoxy groups -OCH3 is 2. The van der Waals surface area contributed by atoms with Crippen LogP contribution in [0, 0.1) is 0 Å². The van der Waals surface area contributed by atoms with E-state index in [1.165, 1.54) is 23.9 Å². The summed E-state index contributed by atoms with van der Waals surface area (Å²) in [6.07, 6.45) is 3.27. The first-order chi connectivity index (χ1) is 8.62. The topological polar surface area (TPSA) is 84.5 Å². The van der Waals surface area contributed by atoms with Crippen LogP contribution in [-0.4, -0.2) is 63.2 Å². The van der Waals surface area contributed by atoms with Crippen molar-refractivity contribution in [2.24, 2.45) is 0 Å². The Hall–Kier alpha value is -0.960. The minimum absolute atomic E-state index is 0.0935. The van der Waals surface area contributed by atoms with Crippen LogP contribution in [0.3, 0.4) is 0 Å². The summed E-state index contributed by atoms with van der Waals surface area (Å²) in [7, 11) is -0.407. The average molecular weight is 277 g/mol. The summed E-state index contributed by atoms with van der Waals surface area (Å²) >= 11 is 0. The molecule has 18 heavy (non-hydrogen) atoms. The molecule has 1 heterocycles. The molecule has 0 atom stereocenters. The van der Waals surface area contributed by atoms with Crippen LogP contribution in [0.5, 0.6) is 0 Å². The predicted molar refractivity (Wildman–Crippen MR) is 65.7 cm³/mol. The molecule has 0 spiro atoms. The third-order valence-electron chi connectivity index (χ3n) is 2.39. The van der Waals surface area contributed by atoms with Gasteiger partial charge in [-0.3, -0.25) is 0 Å². The second-order valence-electron chi connectivity index (χ2n) is 3.66. The van der Waals surface area contributed by atoms with Crippen molar-refractivity contribution in [3.05, 3.63) is 12.5 Å². The number of nitrogens with zero attached hydrogens (tertiary/aromatic N) is 2. The number of nitrogens with one attached hydrogen (secondary N) is 1. The number of ether oxygens (including phenoxy) is 2. The lowest BCUT2D eigenvalue weighted by Gasteiger charge is -2.20. The molecule has 7 nitrogen and oxygen atoms in total. The minimum Gasteiger partial charge on any atom is -0.385 e. The third-order valence-corrected chi connectivity index (χ3v) is 4.22. The van der Waals surface area contributed by atoms with Gasteiger partial charge in [0.25, 0.3) is 10.0 Å². The molecule has 0 aliphatic heterocycles. The van der Waals surface area contributed by atoms with Crippen molar-refractivity contribution in [1.82, 2.24) is 14.3 Å². The number of aromatic nitrogens is 2. The first kappa shape index (κ1) is 15.1. The van der Waals surface area contributed by atoms with Gasteiger partial charge in [0, 0.05) is 33.9 Å². The van der Waals surface area contributed by atoms with E-state index in [9.17, 15) is 8.42 Å².